The van der Waals surface area contributed by atoms with E-state index in [0.717, 1.165) is 71.1 Å². The molecule has 0 bridgehead atoms. The number of thioether (sulfide) groups is 1. The third kappa shape index (κ3) is 5.28. The van der Waals surface area contributed by atoms with Crippen molar-refractivity contribution in [2.45, 2.75) is 69.4 Å². The molecule has 5 heterocycles. The van der Waals surface area contributed by atoms with Gasteiger partial charge in [-0.1, -0.05) is 43.5 Å². The van der Waals surface area contributed by atoms with E-state index in [-0.39, 0.29) is 11.8 Å². The maximum Gasteiger partial charge on any atom is 0.291 e. The van der Waals surface area contributed by atoms with Crippen molar-refractivity contribution in [2.75, 3.05) is 24.2 Å². The van der Waals surface area contributed by atoms with E-state index >= 15 is 0 Å². The van der Waals surface area contributed by atoms with Gasteiger partial charge in [0.25, 0.3) is 5.56 Å². The predicted molar refractivity (Wildman–Crippen MR) is 156 cm³/mol. The first-order chi connectivity index (χ1) is 18.8. The van der Waals surface area contributed by atoms with Gasteiger partial charge in [-0.15, -0.1) is 0 Å². The van der Waals surface area contributed by atoms with Crippen LogP contribution in [0.2, 0.25) is 25.7 Å². The van der Waals surface area contributed by atoms with Gasteiger partial charge in [0.2, 0.25) is 0 Å². The zero-order valence-electron chi connectivity index (χ0n) is 23.1. The van der Waals surface area contributed by atoms with Gasteiger partial charge in [0, 0.05) is 45.5 Å². The number of fused-ring (bicyclic) bond motifs is 4. The molecule has 0 saturated carbocycles. The standard InChI is InChI=1S/C27H36N6O4SSi/c1-30-24-21(25-26(30)33(18-38-25)37-23-10-5-6-11-36-23)15-28-31(27(24)34)16-19-8-7-9-22-20(19)14-29-32(22)17-35-12-13-39(2,3)4/h7-9,14-15,23H,5-6,10-13,16-18H2,1-4H3. The molecule has 1 unspecified atom stereocenters. The molecule has 3 aromatic heterocycles. The smallest absolute Gasteiger partial charge is 0.291 e. The minimum atomic E-state index is -1.14. The molecular formula is C27H36N6O4SSi. The summed E-state index contributed by atoms with van der Waals surface area (Å²) in [6.07, 6.45) is 6.46. The first kappa shape index (κ1) is 26.6. The number of nitrogens with zero attached hydrogens (tertiary/aromatic N) is 6. The molecule has 1 atom stereocenters. The molecule has 1 saturated heterocycles. The van der Waals surface area contributed by atoms with Gasteiger partial charge in [0.05, 0.1) is 35.2 Å². The fourth-order valence-corrected chi connectivity index (χ4v) is 7.04. The quantitative estimate of drug-likeness (QED) is 0.211. The molecule has 4 aromatic rings. The Hall–Kier alpha value is -2.64. The lowest BCUT2D eigenvalue weighted by Gasteiger charge is -2.28. The minimum absolute atomic E-state index is 0.127. The van der Waals surface area contributed by atoms with Crippen LogP contribution >= 0.6 is 11.8 Å². The van der Waals surface area contributed by atoms with Crippen molar-refractivity contribution in [1.82, 2.24) is 24.1 Å². The van der Waals surface area contributed by atoms with E-state index in [1.165, 1.54) is 4.68 Å². The number of anilines is 1. The Morgan fingerprint density at radius 2 is 1.95 bits per heavy atom. The van der Waals surface area contributed by atoms with E-state index in [2.05, 4.69) is 29.8 Å². The van der Waals surface area contributed by atoms with Crippen LogP contribution in [0.5, 0.6) is 0 Å². The summed E-state index contributed by atoms with van der Waals surface area (Å²) >= 11 is 1.66. The van der Waals surface area contributed by atoms with Gasteiger partial charge in [-0.25, -0.2) is 19.3 Å². The van der Waals surface area contributed by atoms with Crippen molar-refractivity contribution < 1.29 is 14.3 Å². The maximum atomic E-state index is 13.7. The van der Waals surface area contributed by atoms with E-state index in [4.69, 9.17) is 14.3 Å². The predicted octanol–water partition coefficient (Wildman–Crippen LogP) is 4.77. The van der Waals surface area contributed by atoms with E-state index < -0.39 is 8.07 Å². The van der Waals surface area contributed by atoms with E-state index in [9.17, 15) is 4.79 Å². The lowest BCUT2D eigenvalue weighted by Crippen LogP contribution is -2.33. The first-order valence-corrected chi connectivity index (χ1v) is 18.3. The van der Waals surface area contributed by atoms with Crippen molar-refractivity contribution >= 4 is 47.5 Å². The maximum absolute atomic E-state index is 13.7. The summed E-state index contributed by atoms with van der Waals surface area (Å²) in [6, 6.07) is 7.18. The second-order valence-electron chi connectivity index (χ2n) is 11.5. The van der Waals surface area contributed by atoms with Gasteiger partial charge >= 0.3 is 0 Å². The molecule has 0 aliphatic carbocycles. The number of ether oxygens (including phenoxy) is 2. The molecule has 1 fully saturated rings. The number of hydrogen-bond donors (Lipinski definition) is 0. The van der Waals surface area contributed by atoms with Gasteiger partial charge in [0.1, 0.15) is 18.1 Å². The zero-order chi connectivity index (χ0) is 27.1. The van der Waals surface area contributed by atoms with Crippen LogP contribution in [-0.2, 0) is 34.6 Å². The van der Waals surface area contributed by atoms with Crippen molar-refractivity contribution in [3.05, 3.63) is 46.5 Å². The molecule has 0 N–H and O–H groups in total. The monoisotopic (exact) mass is 568 g/mol. The molecule has 6 rings (SSSR count). The van der Waals surface area contributed by atoms with Crippen LogP contribution in [0.4, 0.5) is 5.82 Å². The molecule has 12 heteroatoms. The summed E-state index contributed by atoms with van der Waals surface area (Å²) in [5, 5.41) is 12.9. The topological polar surface area (TPSA) is 88.6 Å². The van der Waals surface area contributed by atoms with Crippen molar-refractivity contribution in [2.24, 2.45) is 7.05 Å². The van der Waals surface area contributed by atoms with Crippen LogP contribution < -0.4 is 10.6 Å². The summed E-state index contributed by atoms with van der Waals surface area (Å²) < 4.78 is 17.1. The molecule has 0 spiro atoms. The van der Waals surface area contributed by atoms with Crippen LogP contribution in [-0.4, -0.2) is 57.6 Å². The third-order valence-corrected chi connectivity index (χ3v) is 10.1. The van der Waals surface area contributed by atoms with Crippen LogP contribution in [0, 0.1) is 0 Å². The Morgan fingerprint density at radius 3 is 2.74 bits per heavy atom. The fourth-order valence-electron chi connectivity index (χ4n) is 5.18. The molecule has 0 radical (unpaired) electrons. The van der Waals surface area contributed by atoms with Crippen LogP contribution in [0.25, 0.3) is 21.8 Å². The summed E-state index contributed by atoms with van der Waals surface area (Å²) in [4.78, 5) is 20.9. The average Bonchev–Trinajstić information content (AvgIpc) is 3.59. The number of rotatable bonds is 9. The highest BCUT2D eigenvalue weighted by Gasteiger charge is 2.32. The van der Waals surface area contributed by atoms with E-state index in [1.807, 2.05) is 45.8 Å². The Bertz CT molecular complexity index is 1550. The molecule has 39 heavy (non-hydrogen) atoms. The molecule has 208 valence electrons. The number of aryl methyl sites for hydroxylation is 1. The van der Waals surface area contributed by atoms with Crippen LogP contribution in [0.1, 0.15) is 24.8 Å². The highest BCUT2D eigenvalue weighted by atomic mass is 32.2. The van der Waals surface area contributed by atoms with Gasteiger partial charge < -0.3 is 14.0 Å². The SMILES string of the molecule is Cn1c2c(c3cnn(Cc4cccc5c4cnn5COCC[Si](C)(C)C)c(=O)c31)SCN2OC1CCCCO1. The van der Waals surface area contributed by atoms with Crippen molar-refractivity contribution in [1.29, 1.82) is 0 Å². The summed E-state index contributed by atoms with van der Waals surface area (Å²) in [7, 11) is 0.779. The lowest BCUT2D eigenvalue weighted by molar-refractivity contribution is -0.168. The van der Waals surface area contributed by atoms with Crippen molar-refractivity contribution in [3.8, 4) is 0 Å². The normalized spacial score (nSPS) is 17.9. The van der Waals surface area contributed by atoms with Gasteiger partial charge in [-0.3, -0.25) is 4.79 Å². The second kappa shape index (κ2) is 10.7. The van der Waals surface area contributed by atoms with Gasteiger partial charge in [-0.05, 0) is 30.5 Å². The average molecular weight is 569 g/mol. The fraction of sp³-hybridized carbons (Fsp3) is 0.519. The highest BCUT2D eigenvalue weighted by molar-refractivity contribution is 8.00. The Balaban J connectivity index is 1.25. The van der Waals surface area contributed by atoms with Gasteiger partial charge in [0.15, 0.2) is 6.29 Å². The third-order valence-electron chi connectivity index (χ3n) is 7.37. The lowest BCUT2D eigenvalue weighted by atomic mass is 10.1. The molecule has 2 aliphatic rings. The number of aromatic nitrogens is 5. The van der Waals surface area contributed by atoms with Crippen molar-refractivity contribution in [3.63, 3.8) is 0 Å². The summed E-state index contributed by atoms with van der Waals surface area (Å²) in [5.41, 5.74) is 2.48. The Labute approximate surface area is 232 Å². The minimum Gasteiger partial charge on any atom is -0.360 e. The first-order valence-electron chi connectivity index (χ1n) is 13.6. The number of hydroxylamine groups is 1. The largest absolute Gasteiger partial charge is 0.360 e. The Morgan fingerprint density at radius 1 is 1.13 bits per heavy atom. The number of benzene rings is 1. The second-order valence-corrected chi connectivity index (χ2v) is 18.1. The van der Waals surface area contributed by atoms with E-state index in [1.54, 1.807) is 18.0 Å². The summed E-state index contributed by atoms with van der Waals surface area (Å²) in [6.45, 7) is 9.27. The molecule has 0 amide bonds. The highest BCUT2D eigenvalue weighted by Crippen LogP contribution is 2.44. The molecular weight excluding hydrogens is 532 g/mol. The summed E-state index contributed by atoms with van der Waals surface area (Å²) in [5.74, 6) is 1.55. The van der Waals surface area contributed by atoms with Gasteiger partial charge in [-0.2, -0.15) is 10.2 Å². The van der Waals surface area contributed by atoms with Crippen LogP contribution in [0.15, 0.2) is 40.3 Å². The van der Waals surface area contributed by atoms with E-state index in [0.29, 0.717) is 24.7 Å². The molecule has 2 aliphatic heterocycles. The molecule has 1 aromatic carbocycles. The molecule has 10 nitrogen and oxygen atoms in total. The zero-order valence-corrected chi connectivity index (χ0v) is 24.9. The Kier molecular flexibility index (Phi) is 7.31. The number of hydrogen-bond acceptors (Lipinski definition) is 8. The van der Waals surface area contributed by atoms with Crippen LogP contribution in [0.3, 0.4) is 0 Å².